The van der Waals surface area contributed by atoms with Gasteiger partial charge >= 0.3 is 6.09 Å². The number of carbonyl (C=O) groups is 1. The molecule has 0 aromatic heterocycles. The third-order valence-corrected chi connectivity index (χ3v) is 0.819. The van der Waals surface area contributed by atoms with Crippen LogP contribution in [0.3, 0.4) is 0 Å². The SMILES string of the molecule is CCCOC(=O)N(C)Cl. The van der Waals surface area contributed by atoms with Gasteiger partial charge in [-0.25, -0.2) is 9.21 Å². The van der Waals surface area contributed by atoms with Gasteiger partial charge in [0.25, 0.3) is 0 Å². The normalized spacial score (nSPS) is 8.78. The number of hydrogen-bond acceptors (Lipinski definition) is 2. The maximum absolute atomic E-state index is 10.5. The summed E-state index contributed by atoms with van der Waals surface area (Å²) in [5.74, 6) is 0. The molecule has 0 aliphatic rings. The van der Waals surface area contributed by atoms with Crippen LogP contribution in [0.25, 0.3) is 0 Å². The van der Waals surface area contributed by atoms with Crippen molar-refractivity contribution in [3.05, 3.63) is 0 Å². The van der Waals surface area contributed by atoms with Gasteiger partial charge in [-0.2, -0.15) is 0 Å². The van der Waals surface area contributed by atoms with E-state index >= 15 is 0 Å². The standard InChI is InChI=1S/C5H10ClNO2/c1-3-4-9-5(8)7(2)6/h3-4H2,1-2H3. The van der Waals surface area contributed by atoms with E-state index in [9.17, 15) is 4.79 Å². The van der Waals surface area contributed by atoms with Crippen LogP contribution < -0.4 is 0 Å². The predicted molar refractivity (Wildman–Crippen MR) is 35.3 cm³/mol. The molecule has 1 amide bonds. The van der Waals surface area contributed by atoms with Crippen LogP contribution in [0.15, 0.2) is 0 Å². The summed E-state index contributed by atoms with van der Waals surface area (Å²) in [6.07, 6.45) is 0.315. The Morgan fingerprint density at radius 3 is 2.67 bits per heavy atom. The number of rotatable bonds is 2. The highest BCUT2D eigenvalue weighted by molar-refractivity contribution is 6.19. The second-order valence-corrected chi connectivity index (χ2v) is 2.10. The monoisotopic (exact) mass is 151 g/mol. The first-order valence-corrected chi connectivity index (χ1v) is 3.08. The molecule has 9 heavy (non-hydrogen) atoms. The molecule has 3 nitrogen and oxygen atoms in total. The van der Waals surface area contributed by atoms with Crippen LogP contribution in [0.5, 0.6) is 0 Å². The molecule has 4 heteroatoms. The van der Waals surface area contributed by atoms with Crippen LogP contribution in [0.1, 0.15) is 13.3 Å². The maximum Gasteiger partial charge on any atom is 0.424 e. The van der Waals surface area contributed by atoms with Gasteiger partial charge in [0.05, 0.1) is 6.61 Å². The molecule has 0 aliphatic heterocycles. The molecule has 0 aliphatic carbocycles. The van der Waals surface area contributed by atoms with Gasteiger partial charge in [-0.1, -0.05) is 6.92 Å². The van der Waals surface area contributed by atoms with Crippen molar-refractivity contribution >= 4 is 17.9 Å². The highest BCUT2D eigenvalue weighted by Crippen LogP contribution is 1.93. The second kappa shape index (κ2) is 4.44. The number of halogens is 1. The van der Waals surface area contributed by atoms with E-state index in [1.165, 1.54) is 7.05 Å². The average Bonchev–Trinajstić information content (AvgIpc) is 1.82. The van der Waals surface area contributed by atoms with Gasteiger partial charge in [0.15, 0.2) is 0 Å². The Hall–Kier alpha value is -0.440. The fourth-order valence-corrected chi connectivity index (χ4v) is 0.327. The third-order valence-electron chi connectivity index (χ3n) is 0.681. The highest BCUT2D eigenvalue weighted by atomic mass is 35.5. The van der Waals surface area contributed by atoms with E-state index in [-0.39, 0.29) is 0 Å². The molecule has 0 saturated heterocycles. The summed E-state index contributed by atoms with van der Waals surface area (Å²) in [6.45, 7) is 2.34. The van der Waals surface area contributed by atoms with Gasteiger partial charge < -0.3 is 4.74 Å². The van der Waals surface area contributed by atoms with E-state index in [1.54, 1.807) is 0 Å². The van der Waals surface area contributed by atoms with Gasteiger partial charge in [0.2, 0.25) is 0 Å². The second-order valence-electron chi connectivity index (χ2n) is 1.59. The first kappa shape index (κ1) is 8.56. The van der Waals surface area contributed by atoms with E-state index in [0.717, 1.165) is 10.8 Å². The molecule has 0 saturated carbocycles. The van der Waals surface area contributed by atoms with Crippen molar-refractivity contribution in [3.63, 3.8) is 0 Å². The van der Waals surface area contributed by atoms with Crippen LogP contribution in [0.2, 0.25) is 0 Å². The molecule has 0 fully saturated rings. The predicted octanol–water partition coefficient (Wildman–Crippen LogP) is 1.62. The van der Waals surface area contributed by atoms with Crippen molar-refractivity contribution in [2.75, 3.05) is 13.7 Å². The molecular weight excluding hydrogens is 142 g/mol. The van der Waals surface area contributed by atoms with E-state index in [1.807, 2.05) is 6.92 Å². The number of carbonyl (C=O) groups excluding carboxylic acids is 1. The first-order valence-electron chi connectivity index (χ1n) is 2.74. The minimum absolute atomic E-state index is 0.426. The third kappa shape index (κ3) is 4.09. The van der Waals surface area contributed by atoms with E-state index in [0.29, 0.717) is 6.61 Å². The fourth-order valence-electron chi connectivity index (χ4n) is 0.278. The molecule has 0 bridgehead atoms. The molecule has 0 N–H and O–H groups in total. The Labute approximate surface area is 59.6 Å². The molecule has 0 unspecified atom stereocenters. The smallest absolute Gasteiger partial charge is 0.424 e. The average molecular weight is 152 g/mol. The van der Waals surface area contributed by atoms with Crippen molar-refractivity contribution in [2.24, 2.45) is 0 Å². The van der Waals surface area contributed by atoms with Crippen LogP contribution in [0, 0.1) is 0 Å². The summed E-state index contributed by atoms with van der Waals surface area (Å²) in [5.41, 5.74) is 0. The first-order chi connectivity index (χ1) is 4.18. The Morgan fingerprint density at radius 2 is 2.33 bits per heavy atom. The maximum atomic E-state index is 10.5. The summed E-state index contributed by atoms with van der Waals surface area (Å²) in [6, 6.07) is 0. The fraction of sp³-hybridized carbons (Fsp3) is 0.800. The van der Waals surface area contributed by atoms with Crippen molar-refractivity contribution in [1.29, 1.82) is 0 Å². The van der Waals surface area contributed by atoms with Crippen LogP contribution >= 0.6 is 11.8 Å². The summed E-state index contributed by atoms with van der Waals surface area (Å²) in [4.78, 5) is 10.5. The minimum Gasteiger partial charge on any atom is -0.449 e. The molecule has 0 rings (SSSR count). The Balaban J connectivity index is 3.28. The van der Waals surface area contributed by atoms with Crippen molar-refractivity contribution in [3.8, 4) is 0 Å². The lowest BCUT2D eigenvalue weighted by atomic mass is 10.5. The van der Waals surface area contributed by atoms with Gasteiger partial charge in [-0.3, -0.25) is 0 Å². The molecule has 0 spiro atoms. The van der Waals surface area contributed by atoms with E-state index in [4.69, 9.17) is 11.8 Å². The molecule has 0 atom stereocenters. The molecule has 0 radical (unpaired) electrons. The largest absolute Gasteiger partial charge is 0.449 e. The quantitative estimate of drug-likeness (QED) is 0.562. The zero-order valence-corrected chi connectivity index (χ0v) is 6.31. The highest BCUT2D eigenvalue weighted by Gasteiger charge is 2.03. The van der Waals surface area contributed by atoms with Gasteiger partial charge in [-0.05, 0) is 6.42 Å². The van der Waals surface area contributed by atoms with Crippen molar-refractivity contribution in [1.82, 2.24) is 4.42 Å². The molecule has 0 aromatic rings. The van der Waals surface area contributed by atoms with Crippen LogP contribution in [-0.2, 0) is 4.74 Å². The zero-order chi connectivity index (χ0) is 7.28. The van der Waals surface area contributed by atoms with Gasteiger partial charge in [-0.15, -0.1) is 0 Å². The number of ether oxygens (including phenoxy) is 1. The van der Waals surface area contributed by atoms with Gasteiger partial charge in [0.1, 0.15) is 0 Å². The zero-order valence-electron chi connectivity index (χ0n) is 5.56. The number of nitrogens with zero attached hydrogens (tertiary/aromatic N) is 1. The Morgan fingerprint density at radius 1 is 1.78 bits per heavy atom. The van der Waals surface area contributed by atoms with Crippen molar-refractivity contribution < 1.29 is 9.53 Å². The van der Waals surface area contributed by atoms with Gasteiger partial charge in [0, 0.05) is 18.8 Å². The summed E-state index contributed by atoms with van der Waals surface area (Å²) in [7, 11) is 1.43. The molecule has 0 aromatic carbocycles. The lowest BCUT2D eigenvalue weighted by Crippen LogP contribution is -2.17. The number of hydrogen-bond donors (Lipinski definition) is 0. The Kier molecular flexibility index (Phi) is 4.22. The minimum atomic E-state index is -0.501. The van der Waals surface area contributed by atoms with Crippen LogP contribution in [-0.4, -0.2) is 24.2 Å². The molecule has 54 valence electrons. The lowest BCUT2D eigenvalue weighted by molar-refractivity contribution is 0.131. The van der Waals surface area contributed by atoms with Crippen LogP contribution in [0.4, 0.5) is 4.79 Å². The van der Waals surface area contributed by atoms with E-state index in [2.05, 4.69) is 4.74 Å². The van der Waals surface area contributed by atoms with E-state index < -0.39 is 6.09 Å². The summed E-state index contributed by atoms with van der Waals surface area (Å²) in [5, 5.41) is 0. The summed E-state index contributed by atoms with van der Waals surface area (Å²) >= 11 is 5.22. The lowest BCUT2D eigenvalue weighted by Gasteiger charge is -2.06. The Bertz CT molecular complexity index is 95.0. The van der Waals surface area contributed by atoms with Crippen molar-refractivity contribution in [2.45, 2.75) is 13.3 Å². The molecular formula is C5H10ClNO2. The molecule has 0 heterocycles. The summed E-state index contributed by atoms with van der Waals surface area (Å²) < 4.78 is 5.49. The topological polar surface area (TPSA) is 29.5 Å². The number of amides is 1.